The largest absolute Gasteiger partial charge is 0.369 e. The summed E-state index contributed by atoms with van der Waals surface area (Å²) in [5.41, 5.74) is 4.12. The van der Waals surface area contributed by atoms with E-state index in [1.54, 1.807) is 6.20 Å². The van der Waals surface area contributed by atoms with E-state index < -0.39 is 9.84 Å². The van der Waals surface area contributed by atoms with Crippen LogP contribution in [0.25, 0.3) is 11.0 Å². The quantitative estimate of drug-likeness (QED) is 0.460. The Kier molecular flexibility index (Phi) is 6.80. The minimum absolute atomic E-state index is 0.0270. The van der Waals surface area contributed by atoms with Crippen LogP contribution in [0, 0.1) is 13.8 Å². The van der Waals surface area contributed by atoms with E-state index in [1.807, 2.05) is 44.5 Å². The van der Waals surface area contributed by atoms with E-state index >= 15 is 0 Å². The van der Waals surface area contributed by atoms with Gasteiger partial charge in [-0.1, -0.05) is 0 Å². The number of aromatic nitrogens is 4. The molecule has 168 valence electrons. The number of sulfone groups is 1. The molecule has 0 aromatic carbocycles. The molecule has 0 saturated carbocycles. The van der Waals surface area contributed by atoms with Crippen molar-refractivity contribution < 1.29 is 8.42 Å². The molecular formula is C21H30N6O3S. The summed E-state index contributed by atoms with van der Waals surface area (Å²) in [7, 11) is -3.07. The van der Waals surface area contributed by atoms with Gasteiger partial charge in [0.15, 0.2) is 5.65 Å². The molecule has 0 amide bonds. The average Bonchev–Trinajstić information content (AvgIpc) is 3.07. The molecule has 0 saturated heterocycles. The van der Waals surface area contributed by atoms with Gasteiger partial charge in [-0.05, 0) is 51.0 Å². The standard InChI is InChI=1S/C21H30N6O3S/c1-13(2)27-20-18(12-24-27)16(9-19(26-20)23-6-7-31(5,29)30)10-22-11-17-14(3)8-15(4)25-21(17)28/h8-9,12-13,22H,6-7,10-11H2,1-5H3,(H,23,26)(H,25,28). The molecule has 0 atom stereocenters. The zero-order chi connectivity index (χ0) is 22.8. The van der Waals surface area contributed by atoms with Crippen LogP contribution in [0.3, 0.4) is 0 Å². The number of aryl methyl sites for hydroxylation is 2. The second kappa shape index (κ2) is 9.19. The maximum atomic E-state index is 12.3. The van der Waals surface area contributed by atoms with E-state index in [9.17, 15) is 13.2 Å². The number of fused-ring (bicyclic) bond motifs is 1. The lowest BCUT2D eigenvalue weighted by Gasteiger charge is -2.13. The monoisotopic (exact) mass is 446 g/mol. The van der Waals surface area contributed by atoms with Gasteiger partial charge in [0.1, 0.15) is 15.7 Å². The van der Waals surface area contributed by atoms with Crippen LogP contribution in [0.2, 0.25) is 0 Å². The fourth-order valence-electron chi connectivity index (χ4n) is 3.49. The second-order valence-corrected chi connectivity index (χ2v) is 10.4. The van der Waals surface area contributed by atoms with E-state index in [-0.39, 0.29) is 23.9 Å². The molecule has 0 bridgehead atoms. The molecule has 9 nitrogen and oxygen atoms in total. The molecule has 3 N–H and O–H groups in total. The van der Waals surface area contributed by atoms with Gasteiger partial charge in [0.05, 0.1) is 11.9 Å². The van der Waals surface area contributed by atoms with Crippen molar-refractivity contribution in [1.82, 2.24) is 25.1 Å². The summed E-state index contributed by atoms with van der Waals surface area (Å²) in [6, 6.07) is 3.99. The van der Waals surface area contributed by atoms with Crippen molar-refractivity contribution in [2.75, 3.05) is 23.9 Å². The fourth-order valence-corrected chi connectivity index (χ4v) is 3.96. The molecule has 0 unspecified atom stereocenters. The lowest BCUT2D eigenvalue weighted by Crippen LogP contribution is -2.23. The van der Waals surface area contributed by atoms with Crippen molar-refractivity contribution >= 4 is 26.7 Å². The zero-order valence-electron chi connectivity index (χ0n) is 18.6. The summed E-state index contributed by atoms with van der Waals surface area (Å²) in [5, 5.41) is 11.8. The summed E-state index contributed by atoms with van der Waals surface area (Å²) in [6.45, 7) is 9.07. The maximum absolute atomic E-state index is 12.3. The summed E-state index contributed by atoms with van der Waals surface area (Å²) in [5.74, 6) is 0.624. The van der Waals surface area contributed by atoms with Crippen molar-refractivity contribution in [2.45, 2.75) is 46.8 Å². The van der Waals surface area contributed by atoms with Crippen LogP contribution >= 0.6 is 0 Å². The summed E-state index contributed by atoms with van der Waals surface area (Å²) in [4.78, 5) is 19.8. The second-order valence-electron chi connectivity index (χ2n) is 8.19. The van der Waals surface area contributed by atoms with Crippen molar-refractivity contribution in [1.29, 1.82) is 0 Å². The van der Waals surface area contributed by atoms with Crippen molar-refractivity contribution in [2.24, 2.45) is 0 Å². The average molecular weight is 447 g/mol. The van der Waals surface area contributed by atoms with Gasteiger partial charge < -0.3 is 15.6 Å². The Morgan fingerprint density at radius 3 is 2.58 bits per heavy atom. The van der Waals surface area contributed by atoms with E-state index in [2.05, 4.69) is 25.7 Å². The molecule has 0 radical (unpaired) electrons. The topological polar surface area (TPSA) is 122 Å². The van der Waals surface area contributed by atoms with Crippen LogP contribution < -0.4 is 16.2 Å². The SMILES string of the molecule is Cc1cc(C)c(CNCc2cc(NCCS(C)(=O)=O)nc3c2cnn3C(C)C)c(=O)[nH]1. The Balaban J connectivity index is 1.85. The number of pyridine rings is 2. The molecule has 3 aromatic heterocycles. The van der Waals surface area contributed by atoms with Gasteiger partial charge in [0.25, 0.3) is 5.56 Å². The molecule has 0 aliphatic carbocycles. The Hall–Kier alpha value is -2.72. The highest BCUT2D eigenvalue weighted by Gasteiger charge is 2.14. The van der Waals surface area contributed by atoms with Crippen LogP contribution in [-0.4, -0.2) is 46.7 Å². The highest BCUT2D eigenvalue weighted by atomic mass is 32.2. The molecule has 0 spiro atoms. The molecule has 31 heavy (non-hydrogen) atoms. The first kappa shape index (κ1) is 23.0. The predicted molar refractivity (Wildman–Crippen MR) is 123 cm³/mol. The Morgan fingerprint density at radius 2 is 1.94 bits per heavy atom. The molecule has 3 heterocycles. The highest BCUT2D eigenvalue weighted by Crippen LogP contribution is 2.23. The van der Waals surface area contributed by atoms with Crippen LogP contribution in [0.15, 0.2) is 23.1 Å². The first-order valence-corrected chi connectivity index (χ1v) is 12.3. The van der Waals surface area contributed by atoms with Gasteiger partial charge in [-0.25, -0.2) is 18.1 Å². The number of rotatable bonds is 9. The number of aromatic amines is 1. The van der Waals surface area contributed by atoms with Crippen LogP contribution in [0.4, 0.5) is 5.82 Å². The lowest BCUT2D eigenvalue weighted by atomic mass is 10.1. The van der Waals surface area contributed by atoms with Crippen LogP contribution in [-0.2, 0) is 22.9 Å². The molecule has 0 aliphatic heterocycles. The third-order valence-corrected chi connectivity index (χ3v) is 5.98. The first-order valence-electron chi connectivity index (χ1n) is 10.2. The fraction of sp³-hybridized carbons (Fsp3) is 0.476. The van der Waals surface area contributed by atoms with E-state index in [4.69, 9.17) is 0 Å². The number of anilines is 1. The number of nitrogens with zero attached hydrogens (tertiary/aromatic N) is 3. The Morgan fingerprint density at radius 1 is 1.19 bits per heavy atom. The molecule has 10 heteroatoms. The summed E-state index contributed by atoms with van der Waals surface area (Å²) < 4.78 is 24.7. The number of hydrogen-bond donors (Lipinski definition) is 3. The van der Waals surface area contributed by atoms with Gasteiger partial charge in [-0.15, -0.1) is 0 Å². The molecule has 0 aliphatic rings. The minimum Gasteiger partial charge on any atom is -0.369 e. The molecule has 3 aromatic rings. The summed E-state index contributed by atoms with van der Waals surface area (Å²) in [6.07, 6.45) is 3.01. The van der Waals surface area contributed by atoms with Crippen LogP contribution in [0.5, 0.6) is 0 Å². The summed E-state index contributed by atoms with van der Waals surface area (Å²) >= 11 is 0. The van der Waals surface area contributed by atoms with Crippen LogP contribution in [0.1, 0.15) is 42.3 Å². The molecular weight excluding hydrogens is 416 g/mol. The predicted octanol–water partition coefficient (Wildman–Crippen LogP) is 2.06. The van der Waals surface area contributed by atoms with Gasteiger partial charge >= 0.3 is 0 Å². The van der Waals surface area contributed by atoms with Gasteiger partial charge in [-0.2, -0.15) is 5.10 Å². The van der Waals surface area contributed by atoms with Gasteiger partial charge in [-0.3, -0.25) is 4.79 Å². The number of nitrogens with one attached hydrogen (secondary N) is 3. The van der Waals surface area contributed by atoms with Gasteiger partial charge in [0.2, 0.25) is 0 Å². The number of hydrogen-bond acceptors (Lipinski definition) is 7. The van der Waals surface area contributed by atoms with Crippen molar-refractivity contribution in [3.8, 4) is 0 Å². The zero-order valence-corrected chi connectivity index (χ0v) is 19.4. The Bertz CT molecular complexity index is 1240. The third kappa shape index (κ3) is 5.71. The molecule has 3 rings (SSSR count). The first-order chi connectivity index (χ1) is 14.5. The smallest absolute Gasteiger partial charge is 0.252 e. The maximum Gasteiger partial charge on any atom is 0.252 e. The lowest BCUT2D eigenvalue weighted by molar-refractivity contribution is 0.546. The minimum atomic E-state index is -3.07. The Labute approximate surface area is 182 Å². The van der Waals surface area contributed by atoms with E-state index in [1.165, 1.54) is 6.26 Å². The third-order valence-electron chi connectivity index (χ3n) is 5.03. The molecule has 0 fully saturated rings. The van der Waals surface area contributed by atoms with Gasteiger partial charge in [0, 0.05) is 48.6 Å². The van der Waals surface area contributed by atoms with Crippen molar-refractivity contribution in [3.63, 3.8) is 0 Å². The van der Waals surface area contributed by atoms with E-state index in [0.717, 1.165) is 27.9 Å². The number of H-pyrrole nitrogens is 1. The normalized spacial score (nSPS) is 12.1. The van der Waals surface area contributed by atoms with E-state index in [0.29, 0.717) is 24.5 Å². The van der Waals surface area contributed by atoms with Crippen molar-refractivity contribution in [3.05, 3.63) is 51.1 Å². The highest BCUT2D eigenvalue weighted by molar-refractivity contribution is 7.90.